The molecule has 7 nitrogen and oxygen atoms in total. The number of likely N-dealkylation sites (N-methyl/N-ethyl adjacent to an activating group) is 1. The first-order valence-corrected chi connectivity index (χ1v) is 9.60. The van der Waals surface area contributed by atoms with Gasteiger partial charge < -0.3 is 19.5 Å². The number of aliphatic hydroxyl groups excluding tert-OH is 1. The number of aliphatic hydroxyl groups is 1. The van der Waals surface area contributed by atoms with Gasteiger partial charge in [-0.3, -0.25) is 0 Å². The van der Waals surface area contributed by atoms with Gasteiger partial charge in [-0.15, -0.1) is 5.10 Å². The van der Waals surface area contributed by atoms with Crippen LogP contribution in [0.4, 0.5) is 5.82 Å². The van der Waals surface area contributed by atoms with Crippen LogP contribution in [0.5, 0.6) is 5.75 Å². The Morgan fingerprint density at radius 1 is 1.07 bits per heavy atom. The second-order valence-electron chi connectivity index (χ2n) is 7.24. The maximum atomic E-state index is 10.5. The fourth-order valence-corrected chi connectivity index (χ4v) is 3.53. The fourth-order valence-electron chi connectivity index (χ4n) is 3.53. The minimum absolute atomic E-state index is 0.127. The molecular formula is C23H20N4O3. The van der Waals surface area contributed by atoms with Crippen molar-refractivity contribution < 1.29 is 14.6 Å². The summed E-state index contributed by atoms with van der Waals surface area (Å²) in [4.78, 5) is 6.29. The van der Waals surface area contributed by atoms with Crippen molar-refractivity contribution in [2.24, 2.45) is 0 Å². The van der Waals surface area contributed by atoms with Crippen LogP contribution in [0, 0.1) is 0 Å². The minimum Gasteiger partial charge on any atom is -0.508 e. The summed E-state index contributed by atoms with van der Waals surface area (Å²) in [6.45, 7) is 0.316. The van der Waals surface area contributed by atoms with Crippen LogP contribution in [0.25, 0.3) is 28.1 Å². The Morgan fingerprint density at radius 3 is 2.77 bits per heavy atom. The first-order chi connectivity index (χ1) is 14.6. The summed E-state index contributed by atoms with van der Waals surface area (Å²) in [6.07, 6.45) is 0.975. The fraction of sp³-hybridized carbons (Fsp3) is 0.130. The zero-order valence-corrected chi connectivity index (χ0v) is 16.3. The van der Waals surface area contributed by atoms with E-state index in [0.717, 1.165) is 16.7 Å². The van der Waals surface area contributed by atoms with E-state index in [-0.39, 0.29) is 5.75 Å². The number of anilines is 1. The molecule has 0 aliphatic carbocycles. The SMILES string of the molecule is CN(C[C@H](O)c1cccc(O)c1)c1ccc2ncc(-c3cc4ccccc4o3)n2n1. The number of imidazole rings is 1. The quantitative estimate of drug-likeness (QED) is 0.463. The third-order valence-electron chi connectivity index (χ3n) is 5.12. The number of fused-ring (bicyclic) bond motifs is 2. The zero-order valence-electron chi connectivity index (χ0n) is 16.3. The molecule has 5 rings (SSSR count). The number of nitrogens with zero attached hydrogens (tertiary/aromatic N) is 4. The summed E-state index contributed by atoms with van der Waals surface area (Å²) in [5.74, 6) is 1.50. The van der Waals surface area contributed by atoms with E-state index in [9.17, 15) is 10.2 Å². The Balaban J connectivity index is 1.46. The van der Waals surface area contributed by atoms with Crippen LogP contribution in [0.15, 0.2) is 77.3 Å². The topological polar surface area (TPSA) is 87.0 Å². The van der Waals surface area contributed by atoms with Gasteiger partial charge in [0, 0.05) is 19.0 Å². The van der Waals surface area contributed by atoms with Crippen LogP contribution in [-0.4, -0.2) is 38.4 Å². The molecule has 0 fully saturated rings. The largest absolute Gasteiger partial charge is 0.508 e. The van der Waals surface area contributed by atoms with Crippen molar-refractivity contribution in [3.63, 3.8) is 0 Å². The van der Waals surface area contributed by atoms with E-state index >= 15 is 0 Å². The highest BCUT2D eigenvalue weighted by Crippen LogP contribution is 2.28. The van der Waals surface area contributed by atoms with Gasteiger partial charge in [0.25, 0.3) is 0 Å². The van der Waals surface area contributed by atoms with Crippen LogP contribution < -0.4 is 4.90 Å². The monoisotopic (exact) mass is 400 g/mol. The predicted molar refractivity (Wildman–Crippen MR) is 115 cm³/mol. The normalized spacial score (nSPS) is 12.5. The maximum absolute atomic E-state index is 10.5. The Labute approximate surface area is 172 Å². The standard InChI is InChI=1S/C23H20N4O3/c1-26(14-19(29)15-6-4-7-17(28)11-15)23-10-9-22-24-13-18(27(22)25-23)21-12-16-5-2-3-8-20(16)30-21/h2-13,19,28-29H,14H2,1H3/t19-/m0/s1. The smallest absolute Gasteiger partial charge is 0.155 e. The predicted octanol–water partition coefficient (Wildman–Crippen LogP) is 4.02. The number of phenolic OH excluding ortho intramolecular Hbond substituents is 1. The summed E-state index contributed by atoms with van der Waals surface area (Å²) >= 11 is 0. The molecule has 5 aromatic rings. The summed E-state index contributed by atoms with van der Waals surface area (Å²) in [5, 5.41) is 25.9. The average molecular weight is 400 g/mol. The van der Waals surface area contributed by atoms with E-state index in [2.05, 4.69) is 4.98 Å². The molecule has 3 heterocycles. The van der Waals surface area contributed by atoms with E-state index in [1.807, 2.05) is 54.4 Å². The summed E-state index contributed by atoms with van der Waals surface area (Å²) in [7, 11) is 1.86. The van der Waals surface area contributed by atoms with Gasteiger partial charge in [-0.25, -0.2) is 9.50 Å². The highest BCUT2D eigenvalue weighted by molar-refractivity contribution is 5.82. The van der Waals surface area contributed by atoms with E-state index < -0.39 is 6.10 Å². The van der Waals surface area contributed by atoms with Gasteiger partial charge in [0.1, 0.15) is 22.8 Å². The number of benzene rings is 2. The van der Waals surface area contributed by atoms with Crippen LogP contribution in [0.2, 0.25) is 0 Å². The highest BCUT2D eigenvalue weighted by atomic mass is 16.3. The Bertz CT molecular complexity index is 1310. The number of furan rings is 1. The molecule has 0 amide bonds. The number of hydrogen-bond acceptors (Lipinski definition) is 6. The van der Waals surface area contributed by atoms with Crippen molar-refractivity contribution in [1.29, 1.82) is 0 Å². The number of rotatable bonds is 5. The molecule has 150 valence electrons. The van der Waals surface area contributed by atoms with Crippen molar-refractivity contribution in [2.45, 2.75) is 6.10 Å². The third kappa shape index (κ3) is 3.25. The third-order valence-corrected chi connectivity index (χ3v) is 5.12. The van der Waals surface area contributed by atoms with E-state index in [1.165, 1.54) is 0 Å². The second kappa shape index (κ2) is 7.20. The average Bonchev–Trinajstić information content (AvgIpc) is 3.36. The lowest BCUT2D eigenvalue weighted by Gasteiger charge is -2.22. The molecule has 7 heteroatoms. The summed E-state index contributed by atoms with van der Waals surface area (Å²) < 4.78 is 7.72. The number of aromatic nitrogens is 3. The van der Waals surface area contributed by atoms with E-state index in [1.54, 1.807) is 35.0 Å². The molecule has 1 atom stereocenters. The second-order valence-corrected chi connectivity index (χ2v) is 7.24. The molecule has 2 N–H and O–H groups in total. The molecule has 2 aromatic carbocycles. The van der Waals surface area contributed by atoms with Crippen LogP contribution in [0.1, 0.15) is 11.7 Å². The van der Waals surface area contributed by atoms with Gasteiger partial charge in [0.15, 0.2) is 11.4 Å². The molecular weight excluding hydrogens is 380 g/mol. The van der Waals surface area contributed by atoms with Gasteiger partial charge in [-0.2, -0.15) is 0 Å². The van der Waals surface area contributed by atoms with Gasteiger partial charge >= 0.3 is 0 Å². The molecule has 3 aromatic heterocycles. The molecule has 0 spiro atoms. The van der Waals surface area contributed by atoms with Gasteiger partial charge in [-0.1, -0.05) is 30.3 Å². The molecule has 0 saturated heterocycles. The number of hydrogen-bond donors (Lipinski definition) is 2. The van der Waals surface area contributed by atoms with Crippen molar-refractivity contribution >= 4 is 22.4 Å². The lowest BCUT2D eigenvalue weighted by molar-refractivity contribution is 0.184. The van der Waals surface area contributed by atoms with Crippen LogP contribution >= 0.6 is 0 Å². The lowest BCUT2D eigenvalue weighted by Crippen LogP contribution is -2.25. The van der Waals surface area contributed by atoms with Crippen molar-refractivity contribution in [3.05, 3.63) is 78.5 Å². The molecule has 0 aliphatic rings. The van der Waals surface area contributed by atoms with Crippen molar-refractivity contribution in [1.82, 2.24) is 14.6 Å². The maximum Gasteiger partial charge on any atom is 0.155 e. The van der Waals surface area contributed by atoms with Crippen molar-refractivity contribution in [3.8, 4) is 17.2 Å². The molecule has 0 saturated carbocycles. The van der Waals surface area contributed by atoms with Gasteiger partial charge in [0.05, 0.1) is 12.3 Å². The number of para-hydroxylation sites is 1. The summed E-state index contributed by atoms with van der Waals surface area (Å²) in [6, 6.07) is 20.2. The highest BCUT2D eigenvalue weighted by Gasteiger charge is 2.16. The van der Waals surface area contributed by atoms with E-state index in [4.69, 9.17) is 9.52 Å². The molecule has 30 heavy (non-hydrogen) atoms. The van der Waals surface area contributed by atoms with Crippen LogP contribution in [-0.2, 0) is 0 Å². The minimum atomic E-state index is -0.766. The first-order valence-electron chi connectivity index (χ1n) is 9.60. The van der Waals surface area contributed by atoms with Gasteiger partial charge in [0.2, 0.25) is 0 Å². The number of aromatic hydroxyl groups is 1. The molecule has 0 aliphatic heterocycles. The first kappa shape index (κ1) is 18.2. The Morgan fingerprint density at radius 2 is 1.93 bits per heavy atom. The molecule has 0 radical (unpaired) electrons. The van der Waals surface area contributed by atoms with Gasteiger partial charge in [-0.05, 0) is 42.0 Å². The van der Waals surface area contributed by atoms with Crippen molar-refractivity contribution in [2.75, 3.05) is 18.5 Å². The zero-order chi connectivity index (χ0) is 20.7. The Hall–Kier alpha value is -3.84. The number of phenols is 1. The van der Waals surface area contributed by atoms with Crippen LogP contribution in [0.3, 0.4) is 0 Å². The lowest BCUT2D eigenvalue weighted by atomic mass is 10.1. The molecule has 0 unspecified atom stereocenters. The molecule has 0 bridgehead atoms. The van der Waals surface area contributed by atoms with E-state index in [0.29, 0.717) is 29.3 Å². The Kier molecular flexibility index (Phi) is 4.37. The summed E-state index contributed by atoms with van der Waals surface area (Å²) in [5.41, 5.74) is 2.92.